The molecule has 0 saturated carbocycles. The van der Waals surface area contributed by atoms with E-state index in [0.29, 0.717) is 22.5 Å². The molecule has 0 saturated heterocycles. The number of aryl methyl sites for hydroxylation is 1. The Labute approximate surface area is 210 Å². The number of aliphatic hydroxyl groups is 1. The van der Waals surface area contributed by atoms with E-state index >= 15 is 0 Å². The monoisotopic (exact) mass is 495 g/mol. The van der Waals surface area contributed by atoms with Crippen molar-refractivity contribution >= 4 is 33.8 Å². The SMILES string of the molecule is Cc1cn2c(C=CC(=O)c3ccc(-c4ccccc4)cc3)c(-c3ccc(CO)c([N+](=O)[O-])c3)nc2s1. The molecule has 0 spiro atoms. The van der Waals surface area contributed by atoms with Crippen molar-refractivity contribution in [1.29, 1.82) is 0 Å². The third-order valence-corrected chi connectivity index (χ3v) is 6.77. The number of ketones is 1. The summed E-state index contributed by atoms with van der Waals surface area (Å²) < 4.78 is 1.88. The molecule has 0 amide bonds. The second-order valence-corrected chi connectivity index (χ2v) is 9.45. The summed E-state index contributed by atoms with van der Waals surface area (Å²) in [7, 11) is 0. The lowest BCUT2D eigenvalue weighted by Crippen LogP contribution is -1.97. The predicted molar refractivity (Wildman–Crippen MR) is 141 cm³/mol. The summed E-state index contributed by atoms with van der Waals surface area (Å²) in [6.45, 7) is 1.53. The summed E-state index contributed by atoms with van der Waals surface area (Å²) >= 11 is 1.49. The number of nitro benzene ring substituents is 1. The van der Waals surface area contributed by atoms with Crippen LogP contribution in [0.1, 0.15) is 26.5 Å². The predicted octanol–water partition coefficient (Wildman–Crippen LogP) is 6.33. The van der Waals surface area contributed by atoms with Gasteiger partial charge in [-0.25, -0.2) is 4.98 Å². The van der Waals surface area contributed by atoms with Crippen LogP contribution in [0.25, 0.3) is 33.4 Å². The molecule has 3 aromatic carbocycles. The molecule has 5 rings (SSSR count). The summed E-state index contributed by atoms with van der Waals surface area (Å²) in [6.07, 6.45) is 5.11. The Bertz CT molecular complexity index is 1620. The van der Waals surface area contributed by atoms with E-state index < -0.39 is 11.5 Å². The Morgan fingerprint density at radius 3 is 2.44 bits per heavy atom. The Hall–Kier alpha value is -4.40. The van der Waals surface area contributed by atoms with E-state index in [1.165, 1.54) is 29.5 Å². The van der Waals surface area contributed by atoms with E-state index in [2.05, 4.69) is 4.98 Å². The molecule has 2 heterocycles. The van der Waals surface area contributed by atoms with E-state index in [9.17, 15) is 20.0 Å². The largest absolute Gasteiger partial charge is 0.391 e. The maximum Gasteiger partial charge on any atom is 0.275 e. The topological polar surface area (TPSA) is 97.7 Å². The number of aliphatic hydroxyl groups excluding tert-OH is 1. The molecular formula is C28H21N3O4S. The molecule has 0 aliphatic rings. The number of rotatable bonds is 7. The molecule has 0 radical (unpaired) electrons. The van der Waals surface area contributed by atoms with Gasteiger partial charge in [0.25, 0.3) is 5.69 Å². The molecule has 0 aliphatic carbocycles. The Kier molecular flexibility index (Phi) is 6.28. The molecule has 36 heavy (non-hydrogen) atoms. The van der Waals surface area contributed by atoms with Crippen molar-refractivity contribution in [3.8, 4) is 22.4 Å². The van der Waals surface area contributed by atoms with Gasteiger partial charge >= 0.3 is 0 Å². The first kappa shape index (κ1) is 23.3. The first-order chi connectivity index (χ1) is 17.4. The number of allylic oxidation sites excluding steroid dienone is 1. The molecule has 5 aromatic rings. The van der Waals surface area contributed by atoms with E-state index in [-0.39, 0.29) is 17.0 Å². The molecule has 0 atom stereocenters. The van der Waals surface area contributed by atoms with Gasteiger partial charge in [0.1, 0.15) is 0 Å². The Morgan fingerprint density at radius 2 is 1.75 bits per heavy atom. The minimum absolute atomic E-state index is 0.163. The van der Waals surface area contributed by atoms with Gasteiger partial charge in [0.2, 0.25) is 0 Å². The highest BCUT2D eigenvalue weighted by Gasteiger charge is 2.19. The number of carbonyl (C=O) groups is 1. The number of hydrogen-bond donors (Lipinski definition) is 1. The fraction of sp³-hybridized carbons (Fsp3) is 0.0714. The number of nitro groups is 1. The van der Waals surface area contributed by atoms with Gasteiger partial charge in [-0.2, -0.15) is 0 Å². The van der Waals surface area contributed by atoms with Gasteiger partial charge in [0, 0.05) is 28.3 Å². The standard InChI is InChI=1S/C28H21N3O4S/c1-18-16-30-24(13-14-26(33)21-9-7-20(8-10-21)19-5-3-2-4-6-19)27(29-28(30)36-18)22-11-12-23(17-32)25(15-22)31(34)35/h2-16,32H,17H2,1H3. The summed E-state index contributed by atoms with van der Waals surface area (Å²) in [5.74, 6) is -0.163. The molecule has 0 bridgehead atoms. The number of aromatic nitrogens is 2. The zero-order valence-corrected chi connectivity index (χ0v) is 20.1. The molecule has 8 heteroatoms. The summed E-state index contributed by atoms with van der Waals surface area (Å²) in [6, 6.07) is 22.0. The van der Waals surface area contributed by atoms with Crippen molar-refractivity contribution in [2.24, 2.45) is 0 Å². The highest BCUT2D eigenvalue weighted by Crippen LogP contribution is 2.32. The molecule has 0 aliphatic heterocycles. The molecule has 178 valence electrons. The lowest BCUT2D eigenvalue weighted by atomic mass is 10.0. The lowest BCUT2D eigenvalue weighted by molar-refractivity contribution is -0.385. The van der Waals surface area contributed by atoms with Crippen molar-refractivity contribution in [3.63, 3.8) is 0 Å². The number of carbonyl (C=O) groups excluding carboxylic acids is 1. The maximum absolute atomic E-state index is 13.0. The van der Waals surface area contributed by atoms with Crippen molar-refractivity contribution in [1.82, 2.24) is 9.38 Å². The minimum atomic E-state index is -0.518. The van der Waals surface area contributed by atoms with Gasteiger partial charge in [0.15, 0.2) is 10.7 Å². The van der Waals surface area contributed by atoms with Crippen LogP contribution >= 0.6 is 11.3 Å². The number of thiazole rings is 1. The molecule has 0 unspecified atom stereocenters. The van der Waals surface area contributed by atoms with Crippen LogP contribution in [-0.2, 0) is 6.61 Å². The van der Waals surface area contributed by atoms with Gasteiger partial charge in [-0.1, -0.05) is 60.7 Å². The average molecular weight is 496 g/mol. The molecule has 2 aromatic heterocycles. The van der Waals surface area contributed by atoms with Crippen molar-refractivity contribution in [2.75, 3.05) is 0 Å². The highest BCUT2D eigenvalue weighted by atomic mass is 32.1. The third-order valence-electron chi connectivity index (χ3n) is 5.87. The quantitative estimate of drug-likeness (QED) is 0.123. The molecular weight excluding hydrogens is 474 g/mol. The lowest BCUT2D eigenvalue weighted by Gasteiger charge is -2.04. The zero-order chi connectivity index (χ0) is 25.2. The smallest absolute Gasteiger partial charge is 0.275 e. The number of nitrogens with zero attached hydrogens (tertiary/aromatic N) is 3. The molecule has 7 nitrogen and oxygen atoms in total. The van der Waals surface area contributed by atoms with Crippen LogP contribution < -0.4 is 0 Å². The van der Waals surface area contributed by atoms with Crippen LogP contribution in [0.2, 0.25) is 0 Å². The minimum Gasteiger partial charge on any atom is -0.391 e. The normalized spacial score (nSPS) is 11.4. The van der Waals surface area contributed by atoms with Crippen molar-refractivity contribution in [2.45, 2.75) is 13.5 Å². The van der Waals surface area contributed by atoms with Crippen LogP contribution in [0.3, 0.4) is 0 Å². The fourth-order valence-corrected chi connectivity index (χ4v) is 4.90. The summed E-state index contributed by atoms with van der Waals surface area (Å²) in [5.41, 5.74) is 4.42. The zero-order valence-electron chi connectivity index (χ0n) is 19.3. The molecule has 0 fully saturated rings. The second kappa shape index (κ2) is 9.69. The number of hydrogen-bond acceptors (Lipinski definition) is 6. The van der Waals surface area contributed by atoms with Crippen LogP contribution in [-0.4, -0.2) is 25.2 Å². The third kappa shape index (κ3) is 4.47. The summed E-state index contributed by atoms with van der Waals surface area (Å²) in [5, 5.41) is 21.0. The van der Waals surface area contributed by atoms with Crippen LogP contribution in [0.15, 0.2) is 85.1 Å². The van der Waals surface area contributed by atoms with Gasteiger partial charge < -0.3 is 5.11 Å². The number of fused-ring (bicyclic) bond motifs is 1. The number of benzene rings is 3. The van der Waals surface area contributed by atoms with Crippen LogP contribution in [0.4, 0.5) is 5.69 Å². The Morgan fingerprint density at radius 1 is 1.06 bits per heavy atom. The maximum atomic E-state index is 13.0. The van der Waals surface area contributed by atoms with Gasteiger partial charge in [-0.3, -0.25) is 19.3 Å². The average Bonchev–Trinajstić information content (AvgIpc) is 3.43. The van der Waals surface area contributed by atoms with Gasteiger partial charge in [0.05, 0.1) is 28.5 Å². The second-order valence-electron chi connectivity index (χ2n) is 8.24. The van der Waals surface area contributed by atoms with Gasteiger partial charge in [-0.05, 0) is 36.3 Å². The first-order valence-electron chi connectivity index (χ1n) is 11.2. The Balaban J connectivity index is 1.50. The van der Waals surface area contributed by atoms with E-state index in [1.807, 2.05) is 60.0 Å². The van der Waals surface area contributed by atoms with E-state index in [1.54, 1.807) is 24.3 Å². The first-order valence-corrected chi connectivity index (χ1v) is 12.0. The van der Waals surface area contributed by atoms with Crippen molar-refractivity contribution in [3.05, 3.63) is 117 Å². The van der Waals surface area contributed by atoms with Crippen LogP contribution in [0.5, 0.6) is 0 Å². The summed E-state index contributed by atoms with van der Waals surface area (Å²) in [4.78, 5) is 30.4. The van der Waals surface area contributed by atoms with E-state index in [4.69, 9.17) is 0 Å². The molecule has 1 N–H and O–H groups in total. The van der Waals surface area contributed by atoms with E-state index in [0.717, 1.165) is 21.0 Å². The number of imidazole rings is 1. The van der Waals surface area contributed by atoms with Gasteiger partial charge in [-0.15, -0.1) is 11.3 Å². The highest BCUT2D eigenvalue weighted by molar-refractivity contribution is 7.17. The van der Waals surface area contributed by atoms with Crippen molar-refractivity contribution < 1.29 is 14.8 Å². The fourth-order valence-electron chi connectivity index (χ4n) is 4.07. The van der Waals surface area contributed by atoms with Crippen LogP contribution in [0, 0.1) is 17.0 Å².